The van der Waals surface area contributed by atoms with Gasteiger partial charge in [-0.05, 0) is 48.4 Å². The van der Waals surface area contributed by atoms with Gasteiger partial charge in [0.1, 0.15) is 11.6 Å². The molecule has 0 saturated carbocycles. The van der Waals surface area contributed by atoms with E-state index < -0.39 is 0 Å². The first-order valence-corrected chi connectivity index (χ1v) is 6.22. The minimum absolute atomic E-state index is 0.146. The summed E-state index contributed by atoms with van der Waals surface area (Å²) in [6.07, 6.45) is 0.628. The van der Waals surface area contributed by atoms with Crippen LogP contribution in [0.4, 0.5) is 14.9 Å². The molecule has 0 aliphatic rings. The highest BCUT2D eigenvalue weighted by Crippen LogP contribution is 2.13. The Balaban J connectivity index is 1.75. The minimum Gasteiger partial charge on any atom is -0.508 e. The molecule has 0 fully saturated rings. The number of phenolic OH excluding ortho intramolecular Hbond substituents is 1. The molecule has 0 radical (unpaired) electrons. The van der Waals surface area contributed by atoms with Gasteiger partial charge in [-0.1, -0.05) is 12.1 Å². The maximum absolute atomic E-state index is 12.7. The Morgan fingerprint density at radius 1 is 1.05 bits per heavy atom. The van der Waals surface area contributed by atoms with E-state index in [4.69, 9.17) is 5.11 Å². The molecule has 5 heteroatoms. The molecule has 0 aliphatic heterocycles. The first-order valence-electron chi connectivity index (χ1n) is 6.22. The molecule has 0 aliphatic carbocycles. The highest BCUT2D eigenvalue weighted by atomic mass is 19.1. The van der Waals surface area contributed by atoms with Crippen molar-refractivity contribution in [3.05, 3.63) is 59.9 Å². The SMILES string of the molecule is O=C(NCCc1ccc(F)cc1)Nc1ccc(O)cc1. The summed E-state index contributed by atoms with van der Waals surface area (Å²) in [4.78, 5) is 11.6. The molecular formula is C15H15FN2O2. The monoisotopic (exact) mass is 274 g/mol. The zero-order chi connectivity index (χ0) is 14.4. The highest BCUT2D eigenvalue weighted by molar-refractivity contribution is 5.89. The van der Waals surface area contributed by atoms with Crippen molar-refractivity contribution in [2.24, 2.45) is 0 Å². The lowest BCUT2D eigenvalue weighted by Crippen LogP contribution is -2.30. The molecule has 2 aromatic rings. The van der Waals surface area contributed by atoms with Crippen LogP contribution >= 0.6 is 0 Å². The number of rotatable bonds is 4. The predicted octanol–water partition coefficient (Wildman–Crippen LogP) is 2.90. The van der Waals surface area contributed by atoms with E-state index in [2.05, 4.69) is 10.6 Å². The van der Waals surface area contributed by atoms with Gasteiger partial charge >= 0.3 is 6.03 Å². The third-order valence-corrected chi connectivity index (χ3v) is 2.74. The fraction of sp³-hybridized carbons (Fsp3) is 0.133. The molecule has 0 spiro atoms. The van der Waals surface area contributed by atoms with Crippen LogP contribution in [0.1, 0.15) is 5.56 Å². The lowest BCUT2D eigenvalue weighted by atomic mass is 10.1. The molecule has 0 bridgehead atoms. The van der Waals surface area contributed by atoms with Crippen molar-refractivity contribution in [2.75, 3.05) is 11.9 Å². The summed E-state index contributed by atoms with van der Waals surface area (Å²) in [7, 11) is 0. The number of anilines is 1. The first kappa shape index (κ1) is 13.9. The standard InChI is InChI=1S/C15H15FN2O2/c16-12-3-1-11(2-4-12)9-10-17-15(20)18-13-5-7-14(19)8-6-13/h1-8,19H,9-10H2,(H2,17,18,20). The largest absolute Gasteiger partial charge is 0.508 e. The quantitative estimate of drug-likeness (QED) is 0.751. The molecule has 3 N–H and O–H groups in total. The summed E-state index contributed by atoms with van der Waals surface area (Å²) in [5.41, 5.74) is 1.55. The zero-order valence-corrected chi connectivity index (χ0v) is 10.8. The molecule has 0 saturated heterocycles. The third kappa shape index (κ3) is 4.28. The van der Waals surface area contributed by atoms with Crippen LogP contribution in [-0.4, -0.2) is 17.7 Å². The van der Waals surface area contributed by atoms with Gasteiger partial charge in [0.25, 0.3) is 0 Å². The minimum atomic E-state index is -0.321. The van der Waals surface area contributed by atoms with E-state index in [0.717, 1.165) is 5.56 Å². The van der Waals surface area contributed by atoms with Crippen LogP contribution in [0.25, 0.3) is 0 Å². The van der Waals surface area contributed by atoms with E-state index in [-0.39, 0.29) is 17.6 Å². The van der Waals surface area contributed by atoms with Crippen LogP contribution in [0.15, 0.2) is 48.5 Å². The van der Waals surface area contributed by atoms with E-state index in [0.29, 0.717) is 18.7 Å². The molecule has 0 unspecified atom stereocenters. The van der Waals surface area contributed by atoms with Crippen molar-refractivity contribution < 1.29 is 14.3 Å². The van der Waals surface area contributed by atoms with E-state index in [1.807, 2.05) is 0 Å². The number of phenols is 1. The lowest BCUT2D eigenvalue weighted by Gasteiger charge is -2.07. The Morgan fingerprint density at radius 3 is 2.35 bits per heavy atom. The Bertz CT molecular complexity index is 567. The second-order valence-corrected chi connectivity index (χ2v) is 4.30. The van der Waals surface area contributed by atoms with Crippen LogP contribution < -0.4 is 10.6 Å². The van der Waals surface area contributed by atoms with Gasteiger partial charge in [-0.3, -0.25) is 0 Å². The summed E-state index contributed by atoms with van der Waals surface area (Å²) in [5, 5.41) is 14.5. The van der Waals surface area contributed by atoms with Gasteiger partial charge in [0.05, 0.1) is 0 Å². The Labute approximate surface area is 116 Å². The normalized spacial score (nSPS) is 10.1. The number of amides is 2. The van der Waals surface area contributed by atoms with Crippen molar-refractivity contribution in [1.82, 2.24) is 5.32 Å². The van der Waals surface area contributed by atoms with E-state index >= 15 is 0 Å². The van der Waals surface area contributed by atoms with Crippen molar-refractivity contribution >= 4 is 11.7 Å². The van der Waals surface area contributed by atoms with Gasteiger partial charge in [-0.15, -0.1) is 0 Å². The number of hydrogen-bond donors (Lipinski definition) is 3. The van der Waals surface area contributed by atoms with E-state index in [1.165, 1.54) is 24.3 Å². The average molecular weight is 274 g/mol. The number of carbonyl (C=O) groups excluding carboxylic acids is 1. The second-order valence-electron chi connectivity index (χ2n) is 4.30. The van der Waals surface area contributed by atoms with Gasteiger partial charge < -0.3 is 15.7 Å². The molecule has 2 rings (SSSR count). The van der Waals surface area contributed by atoms with Crippen LogP contribution in [0.3, 0.4) is 0 Å². The van der Waals surface area contributed by atoms with Crippen molar-refractivity contribution in [3.8, 4) is 5.75 Å². The number of hydrogen-bond acceptors (Lipinski definition) is 2. The first-order chi connectivity index (χ1) is 9.63. The van der Waals surface area contributed by atoms with Crippen LogP contribution in [0, 0.1) is 5.82 Å². The van der Waals surface area contributed by atoms with E-state index in [9.17, 15) is 9.18 Å². The van der Waals surface area contributed by atoms with Gasteiger partial charge in [0.15, 0.2) is 0 Å². The Morgan fingerprint density at radius 2 is 1.70 bits per heavy atom. The lowest BCUT2D eigenvalue weighted by molar-refractivity contribution is 0.252. The maximum atomic E-state index is 12.7. The summed E-state index contributed by atoms with van der Waals surface area (Å²) >= 11 is 0. The summed E-state index contributed by atoms with van der Waals surface area (Å²) in [6, 6.07) is 12.0. The number of carbonyl (C=O) groups is 1. The summed E-state index contributed by atoms with van der Waals surface area (Å²) in [5.74, 6) is -0.126. The van der Waals surface area contributed by atoms with Crippen LogP contribution in [-0.2, 0) is 6.42 Å². The Hall–Kier alpha value is -2.56. The van der Waals surface area contributed by atoms with Crippen molar-refractivity contribution in [1.29, 1.82) is 0 Å². The van der Waals surface area contributed by atoms with Gasteiger partial charge in [-0.25, -0.2) is 9.18 Å². The number of aromatic hydroxyl groups is 1. The number of benzene rings is 2. The number of urea groups is 1. The fourth-order valence-corrected chi connectivity index (χ4v) is 1.69. The van der Waals surface area contributed by atoms with Crippen LogP contribution in [0.5, 0.6) is 5.75 Å². The summed E-state index contributed by atoms with van der Waals surface area (Å²) < 4.78 is 12.7. The molecule has 0 atom stereocenters. The highest BCUT2D eigenvalue weighted by Gasteiger charge is 2.01. The topological polar surface area (TPSA) is 61.4 Å². The fourth-order valence-electron chi connectivity index (χ4n) is 1.69. The van der Waals surface area contributed by atoms with Crippen molar-refractivity contribution in [2.45, 2.75) is 6.42 Å². The third-order valence-electron chi connectivity index (χ3n) is 2.74. The van der Waals surface area contributed by atoms with Crippen molar-refractivity contribution in [3.63, 3.8) is 0 Å². The second kappa shape index (κ2) is 6.56. The van der Waals surface area contributed by atoms with Gasteiger partial charge in [0, 0.05) is 12.2 Å². The number of nitrogens with one attached hydrogen (secondary N) is 2. The molecule has 2 aromatic carbocycles. The molecule has 20 heavy (non-hydrogen) atoms. The predicted molar refractivity (Wildman–Crippen MR) is 75.2 cm³/mol. The van der Waals surface area contributed by atoms with Gasteiger partial charge in [0.2, 0.25) is 0 Å². The number of halogens is 1. The van der Waals surface area contributed by atoms with Gasteiger partial charge in [-0.2, -0.15) is 0 Å². The summed E-state index contributed by atoms with van der Waals surface area (Å²) in [6.45, 7) is 0.454. The Kier molecular flexibility index (Phi) is 4.55. The molecule has 0 heterocycles. The smallest absolute Gasteiger partial charge is 0.319 e. The van der Waals surface area contributed by atoms with E-state index in [1.54, 1.807) is 24.3 Å². The average Bonchev–Trinajstić information content (AvgIpc) is 2.44. The molecule has 2 amide bonds. The molecular weight excluding hydrogens is 259 g/mol. The molecule has 4 nitrogen and oxygen atoms in total. The van der Waals surface area contributed by atoms with Crippen LogP contribution in [0.2, 0.25) is 0 Å². The zero-order valence-electron chi connectivity index (χ0n) is 10.8. The maximum Gasteiger partial charge on any atom is 0.319 e. The molecule has 0 aromatic heterocycles. The molecule has 104 valence electrons.